The first-order chi connectivity index (χ1) is 17.3. The van der Waals surface area contributed by atoms with Crippen LogP contribution in [0.2, 0.25) is 0 Å². The molecule has 2 bridgehead atoms. The fraction of sp³-hybridized carbons (Fsp3) is 0.760. The van der Waals surface area contributed by atoms with Crippen LogP contribution in [0.4, 0.5) is 0 Å². The van der Waals surface area contributed by atoms with E-state index >= 15 is 0 Å². The van der Waals surface area contributed by atoms with Crippen molar-refractivity contribution in [1.82, 2.24) is 0 Å². The van der Waals surface area contributed by atoms with Crippen molar-refractivity contribution in [2.45, 2.75) is 103 Å². The topological polar surface area (TPSA) is 178 Å². The first-order valence-corrected chi connectivity index (χ1v) is 12.1. The number of ether oxygens (including phenoxy) is 6. The van der Waals surface area contributed by atoms with Crippen LogP contribution in [-0.4, -0.2) is 88.6 Å². The van der Waals surface area contributed by atoms with Gasteiger partial charge in [0.05, 0.1) is 17.1 Å². The van der Waals surface area contributed by atoms with Crippen molar-refractivity contribution in [1.29, 1.82) is 0 Å². The molecule has 3 rings (SSSR count). The van der Waals surface area contributed by atoms with Crippen LogP contribution < -0.4 is 0 Å². The molecule has 0 aromatic heterocycles. The van der Waals surface area contributed by atoms with Crippen molar-refractivity contribution in [3.8, 4) is 0 Å². The quantitative estimate of drug-likeness (QED) is 0.355. The molecule has 1 aliphatic heterocycles. The van der Waals surface area contributed by atoms with Crippen molar-refractivity contribution in [2.24, 2.45) is 11.3 Å². The van der Waals surface area contributed by atoms with Gasteiger partial charge >= 0.3 is 29.8 Å². The SMILES string of the molecule is CC(=O)OCC12C(OC(C)=O)C(=O)C3C(OC(C)=O)C1(OC3(C)C)C(C)(O)CC(OC(C)=O)C2OC(C)=O. The second kappa shape index (κ2) is 9.60. The third kappa shape index (κ3) is 4.35. The second-order valence-corrected chi connectivity index (χ2v) is 10.8. The average Bonchev–Trinajstić information content (AvgIpc) is 2.93. The fourth-order valence-corrected chi connectivity index (χ4v) is 6.68. The van der Waals surface area contributed by atoms with Gasteiger partial charge in [0.25, 0.3) is 0 Å². The van der Waals surface area contributed by atoms with E-state index in [1.54, 1.807) is 0 Å². The van der Waals surface area contributed by atoms with Crippen LogP contribution in [-0.2, 0) is 57.2 Å². The Morgan fingerprint density at radius 1 is 0.816 bits per heavy atom. The molecule has 3 fully saturated rings. The molecule has 1 N–H and O–H groups in total. The lowest BCUT2D eigenvalue weighted by molar-refractivity contribution is -0.351. The largest absolute Gasteiger partial charge is 0.465 e. The Bertz CT molecular complexity index is 1060. The number of ketones is 1. The Balaban J connectivity index is 2.52. The summed E-state index contributed by atoms with van der Waals surface area (Å²) in [5.74, 6) is -6.30. The van der Waals surface area contributed by atoms with Crippen molar-refractivity contribution < 1.29 is 62.3 Å². The molecular weight excluding hydrogens is 508 g/mol. The predicted octanol–water partition coefficient (Wildman–Crippen LogP) is 0.164. The zero-order chi connectivity index (χ0) is 29.0. The van der Waals surface area contributed by atoms with E-state index in [9.17, 15) is 33.9 Å². The smallest absolute Gasteiger partial charge is 0.303 e. The Hall–Kier alpha value is -3.06. The summed E-state index contributed by atoms with van der Waals surface area (Å²) >= 11 is 0. The number of fused-ring (bicyclic) bond motifs is 1. The number of rotatable bonds is 6. The zero-order valence-corrected chi connectivity index (χ0v) is 22.6. The molecule has 0 radical (unpaired) electrons. The molecule has 0 aromatic rings. The number of aliphatic hydroxyl groups is 1. The molecule has 38 heavy (non-hydrogen) atoms. The van der Waals surface area contributed by atoms with E-state index in [4.69, 9.17) is 28.4 Å². The van der Waals surface area contributed by atoms with Crippen molar-refractivity contribution in [3.05, 3.63) is 0 Å². The molecule has 13 nitrogen and oxygen atoms in total. The van der Waals surface area contributed by atoms with E-state index in [0.29, 0.717) is 0 Å². The van der Waals surface area contributed by atoms with Gasteiger partial charge in [-0.25, -0.2) is 0 Å². The summed E-state index contributed by atoms with van der Waals surface area (Å²) in [5, 5.41) is 12.1. The normalized spacial score (nSPS) is 38.9. The van der Waals surface area contributed by atoms with Gasteiger partial charge in [-0.15, -0.1) is 0 Å². The minimum Gasteiger partial charge on any atom is -0.465 e. The highest BCUT2D eigenvalue weighted by Crippen LogP contribution is 2.68. The number of carbonyl (C=O) groups excluding carboxylic acids is 6. The van der Waals surface area contributed by atoms with Gasteiger partial charge in [0.1, 0.15) is 24.2 Å². The molecule has 1 heterocycles. The summed E-state index contributed by atoms with van der Waals surface area (Å²) in [6.45, 7) is 8.92. The number of carbonyl (C=O) groups is 6. The van der Waals surface area contributed by atoms with Crippen molar-refractivity contribution >= 4 is 35.6 Å². The van der Waals surface area contributed by atoms with E-state index in [1.165, 1.54) is 20.8 Å². The average molecular weight is 543 g/mol. The Morgan fingerprint density at radius 3 is 1.79 bits per heavy atom. The number of hydrogen-bond acceptors (Lipinski definition) is 13. The van der Waals surface area contributed by atoms with Crippen molar-refractivity contribution in [3.63, 3.8) is 0 Å². The predicted molar refractivity (Wildman–Crippen MR) is 123 cm³/mol. The molecule has 3 aliphatic rings. The maximum absolute atomic E-state index is 14.2. The van der Waals surface area contributed by atoms with E-state index in [2.05, 4.69) is 0 Å². The highest BCUT2D eigenvalue weighted by atomic mass is 16.6. The molecule has 0 amide bonds. The minimum absolute atomic E-state index is 0.409. The van der Waals surface area contributed by atoms with Gasteiger partial charge in [-0.05, 0) is 20.8 Å². The highest BCUT2D eigenvalue weighted by molar-refractivity contribution is 5.93. The van der Waals surface area contributed by atoms with Crippen LogP contribution in [0, 0.1) is 11.3 Å². The van der Waals surface area contributed by atoms with Gasteiger partial charge < -0.3 is 33.5 Å². The van der Waals surface area contributed by atoms with Gasteiger partial charge in [0.15, 0.2) is 23.6 Å². The molecule has 1 saturated heterocycles. The summed E-state index contributed by atoms with van der Waals surface area (Å²) in [6, 6.07) is 0. The van der Waals surface area contributed by atoms with Gasteiger partial charge in [-0.3, -0.25) is 28.8 Å². The van der Waals surface area contributed by atoms with Crippen LogP contribution >= 0.6 is 0 Å². The lowest BCUT2D eigenvalue weighted by Gasteiger charge is -2.65. The minimum atomic E-state index is -2.24. The summed E-state index contributed by atoms with van der Waals surface area (Å²) in [6.07, 6.45) is -6.83. The molecule has 8 atom stereocenters. The second-order valence-electron chi connectivity index (χ2n) is 10.8. The monoisotopic (exact) mass is 542 g/mol. The van der Waals surface area contributed by atoms with E-state index in [0.717, 1.165) is 34.6 Å². The number of esters is 5. The van der Waals surface area contributed by atoms with Crippen LogP contribution in [0.3, 0.4) is 0 Å². The molecule has 8 unspecified atom stereocenters. The summed E-state index contributed by atoms with van der Waals surface area (Å²) in [7, 11) is 0. The highest BCUT2D eigenvalue weighted by Gasteiger charge is 2.88. The number of Topliss-reactive ketones (excluding diaryl/α,β-unsaturated/α-hetero) is 1. The summed E-state index contributed by atoms with van der Waals surface area (Å²) < 4.78 is 34.2. The van der Waals surface area contributed by atoms with Crippen molar-refractivity contribution in [2.75, 3.05) is 6.61 Å². The molecule has 212 valence electrons. The number of hydrogen-bond donors (Lipinski definition) is 1. The Kier molecular flexibility index (Phi) is 7.45. The summed E-state index contributed by atoms with van der Waals surface area (Å²) in [4.78, 5) is 75.5. The van der Waals surface area contributed by atoms with E-state index in [1.807, 2.05) is 0 Å². The van der Waals surface area contributed by atoms with Gasteiger partial charge in [0, 0.05) is 41.0 Å². The first-order valence-electron chi connectivity index (χ1n) is 12.1. The molecule has 2 aliphatic carbocycles. The maximum atomic E-state index is 14.2. The molecule has 0 aromatic carbocycles. The lowest BCUT2D eigenvalue weighted by atomic mass is 9.46. The van der Waals surface area contributed by atoms with Crippen LogP contribution in [0.5, 0.6) is 0 Å². The molecule has 13 heteroatoms. The van der Waals surface area contributed by atoms with Gasteiger partial charge in [-0.2, -0.15) is 0 Å². The van der Waals surface area contributed by atoms with Crippen LogP contribution in [0.1, 0.15) is 61.8 Å². The summed E-state index contributed by atoms with van der Waals surface area (Å²) in [5.41, 5.74) is -7.93. The maximum Gasteiger partial charge on any atom is 0.303 e. The fourth-order valence-electron chi connectivity index (χ4n) is 6.68. The van der Waals surface area contributed by atoms with Gasteiger partial charge in [0.2, 0.25) is 0 Å². The third-order valence-corrected chi connectivity index (χ3v) is 7.55. The molecule has 2 saturated carbocycles. The van der Waals surface area contributed by atoms with E-state index in [-0.39, 0.29) is 0 Å². The Morgan fingerprint density at radius 2 is 1.32 bits per heavy atom. The van der Waals surface area contributed by atoms with Crippen LogP contribution in [0.15, 0.2) is 0 Å². The van der Waals surface area contributed by atoms with Gasteiger partial charge in [-0.1, -0.05) is 0 Å². The molecular formula is C25H34O13. The Labute approximate surface area is 219 Å². The zero-order valence-electron chi connectivity index (χ0n) is 22.6. The van der Waals surface area contributed by atoms with Crippen LogP contribution in [0.25, 0.3) is 0 Å². The molecule has 1 spiro atoms. The van der Waals surface area contributed by atoms with E-state index < -0.39 is 101 Å². The lowest BCUT2D eigenvalue weighted by Crippen LogP contribution is -2.85. The first kappa shape index (κ1) is 29.5. The third-order valence-electron chi connectivity index (χ3n) is 7.55. The standard InChI is InChI=1S/C25H34O13/c1-11(26)33-10-24-19(35-13(3)28)16(34-12(2)27)9-23(8,32)25(24)20(36-14(4)29)17(22(6,7)38-25)18(31)21(24)37-15(5)30/h16-17,19-21,32H,9-10H2,1-8H3.